The summed E-state index contributed by atoms with van der Waals surface area (Å²) in [6, 6.07) is 18.1. The van der Waals surface area contributed by atoms with E-state index < -0.39 is 21.7 Å². The lowest BCUT2D eigenvalue weighted by Gasteiger charge is -2.43. The quantitative estimate of drug-likeness (QED) is 0.316. The number of hydrogen-bond acceptors (Lipinski definition) is 5. The van der Waals surface area contributed by atoms with Crippen LogP contribution < -0.4 is 4.72 Å². The summed E-state index contributed by atoms with van der Waals surface area (Å²) in [5, 5.41) is 0.717. The molecule has 7 nitrogen and oxygen atoms in total. The van der Waals surface area contributed by atoms with Crippen LogP contribution >= 0.6 is 0 Å². The van der Waals surface area contributed by atoms with Crippen LogP contribution in [0.4, 0.5) is 14.5 Å². The molecule has 1 amide bonds. The Bertz CT molecular complexity index is 1620. The number of hydrogen-bond donors (Lipinski definition) is 1. The first kappa shape index (κ1) is 27.7. The molecule has 1 aliphatic heterocycles. The van der Waals surface area contributed by atoms with Crippen molar-refractivity contribution in [1.29, 1.82) is 0 Å². The molecule has 208 valence electrons. The maximum Gasteiger partial charge on any atom is 0.264 e. The van der Waals surface area contributed by atoms with Crippen molar-refractivity contribution in [2.24, 2.45) is 0 Å². The van der Waals surface area contributed by atoms with Gasteiger partial charge in [0.2, 0.25) is 0 Å². The highest BCUT2D eigenvalue weighted by Gasteiger charge is 2.32. The molecule has 2 heterocycles. The summed E-state index contributed by atoms with van der Waals surface area (Å²) < 4.78 is 56.4. The lowest BCUT2D eigenvalue weighted by molar-refractivity contribution is 0.0355. The van der Waals surface area contributed by atoms with Crippen LogP contribution in [0.3, 0.4) is 0 Å². The number of piperazine rings is 1. The van der Waals surface area contributed by atoms with Gasteiger partial charge in [0.25, 0.3) is 15.9 Å². The number of nitrogens with one attached hydrogen (secondary N) is 1. The van der Waals surface area contributed by atoms with Gasteiger partial charge in [-0.25, -0.2) is 17.2 Å². The first-order valence-electron chi connectivity index (χ1n) is 13.1. The summed E-state index contributed by atoms with van der Waals surface area (Å²) in [6.07, 6.45) is 2.26. The second-order valence-electron chi connectivity index (χ2n) is 9.95. The summed E-state index contributed by atoms with van der Waals surface area (Å²) in [4.78, 5) is 21.7. The van der Waals surface area contributed by atoms with E-state index in [9.17, 15) is 22.0 Å². The number of pyridine rings is 1. The molecule has 0 spiro atoms. The number of para-hydroxylation sites is 1. The summed E-state index contributed by atoms with van der Waals surface area (Å²) >= 11 is 0. The lowest BCUT2D eigenvalue weighted by Crippen LogP contribution is -2.55. The summed E-state index contributed by atoms with van der Waals surface area (Å²) in [7, 11) is -3.91. The van der Waals surface area contributed by atoms with Gasteiger partial charge in [0.05, 0.1) is 5.52 Å². The minimum absolute atomic E-state index is 0.0737. The van der Waals surface area contributed by atoms with Crippen molar-refractivity contribution in [3.63, 3.8) is 0 Å². The Kier molecular flexibility index (Phi) is 7.82. The number of fused-ring (bicyclic) bond motifs is 1. The van der Waals surface area contributed by atoms with Crippen LogP contribution in [0, 0.1) is 11.6 Å². The largest absolute Gasteiger partial charge is 0.333 e. The average Bonchev–Trinajstić information content (AvgIpc) is 2.95. The fourth-order valence-electron chi connectivity index (χ4n) is 5.22. The summed E-state index contributed by atoms with van der Waals surface area (Å²) in [5.41, 5.74) is 1.72. The third-order valence-corrected chi connectivity index (χ3v) is 8.84. The van der Waals surface area contributed by atoms with Gasteiger partial charge in [-0.15, -0.1) is 0 Å². The predicted molar refractivity (Wildman–Crippen MR) is 150 cm³/mol. The fourth-order valence-corrected chi connectivity index (χ4v) is 6.46. The van der Waals surface area contributed by atoms with Crippen molar-refractivity contribution in [2.75, 3.05) is 24.4 Å². The standard InChI is InChI=1S/C30H30F2N4O3S/c1-3-27-19-35(20(2)23-16-24(31)18-25(32)17-23)14-15-36(27)30(37)22-9-11-26(12-10-22)34-40(38,39)28-8-4-6-21-7-5-13-33-29(21)28/h4-13,16-18,20,27,34H,3,14-15,19H2,1-2H3/t20?,27-/m0/s1. The van der Waals surface area contributed by atoms with E-state index in [4.69, 9.17) is 0 Å². The summed E-state index contributed by atoms with van der Waals surface area (Å²) in [5.74, 6) is -1.37. The van der Waals surface area contributed by atoms with Gasteiger partial charge < -0.3 is 4.90 Å². The van der Waals surface area contributed by atoms with Gasteiger partial charge >= 0.3 is 0 Å². The lowest BCUT2D eigenvalue weighted by atomic mass is 10.0. The molecule has 1 aromatic heterocycles. The van der Waals surface area contributed by atoms with Crippen molar-refractivity contribution in [2.45, 2.75) is 37.2 Å². The molecule has 4 aromatic rings. The van der Waals surface area contributed by atoms with E-state index in [0.29, 0.717) is 48.4 Å². The number of nitrogens with zero attached hydrogens (tertiary/aromatic N) is 3. The molecule has 0 saturated carbocycles. The van der Waals surface area contributed by atoms with Gasteiger partial charge in [-0.3, -0.25) is 19.4 Å². The van der Waals surface area contributed by atoms with Crippen LogP contribution in [-0.4, -0.2) is 54.8 Å². The second kappa shape index (κ2) is 11.3. The van der Waals surface area contributed by atoms with Crippen LogP contribution in [0.5, 0.6) is 0 Å². The molecular formula is C30H30F2N4O3S. The highest BCUT2D eigenvalue weighted by atomic mass is 32.2. The first-order chi connectivity index (χ1) is 19.2. The zero-order valence-electron chi connectivity index (χ0n) is 22.2. The molecule has 40 heavy (non-hydrogen) atoms. The van der Waals surface area contributed by atoms with E-state index in [2.05, 4.69) is 14.6 Å². The van der Waals surface area contributed by atoms with Crippen LogP contribution in [0.1, 0.15) is 42.2 Å². The first-order valence-corrected chi connectivity index (χ1v) is 14.6. The Labute approximate surface area is 232 Å². The molecule has 3 aromatic carbocycles. The molecule has 10 heteroatoms. The Morgan fingerprint density at radius 2 is 1.73 bits per heavy atom. The summed E-state index contributed by atoms with van der Waals surface area (Å²) in [6.45, 7) is 5.49. The van der Waals surface area contributed by atoms with E-state index in [1.807, 2.05) is 18.7 Å². The molecule has 5 rings (SSSR count). The minimum Gasteiger partial charge on any atom is -0.333 e. The van der Waals surface area contributed by atoms with Gasteiger partial charge in [0, 0.05) is 60.6 Å². The molecule has 1 saturated heterocycles. The number of anilines is 1. The predicted octanol–water partition coefficient (Wildman–Crippen LogP) is 5.61. The SMILES string of the molecule is CC[C@H]1CN(C(C)c2cc(F)cc(F)c2)CCN1C(=O)c1ccc(NS(=O)(=O)c2cccc3cccnc23)cc1. The number of halogens is 2. The normalized spacial score (nSPS) is 17.1. The monoisotopic (exact) mass is 564 g/mol. The van der Waals surface area contributed by atoms with Crippen molar-refractivity contribution < 1.29 is 22.0 Å². The number of carbonyl (C=O) groups is 1. The number of amides is 1. The highest BCUT2D eigenvalue weighted by Crippen LogP contribution is 2.28. The molecule has 1 N–H and O–H groups in total. The maximum absolute atomic E-state index is 13.8. The molecule has 0 aliphatic carbocycles. The Hall–Kier alpha value is -3.89. The Balaban J connectivity index is 1.28. The van der Waals surface area contributed by atoms with E-state index in [0.717, 1.165) is 11.5 Å². The van der Waals surface area contributed by atoms with Crippen LogP contribution in [0.15, 0.2) is 83.9 Å². The Morgan fingerprint density at radius 3 is 2.42 bits per heavy atom. The third-order valence-electron chi connectivity index (χ3n) is 7.43. The topological polar surface area (TPSA) is 82.6 Å². The van der Waals surface area contributed by atoms with Crippen LogP contribution in [-0.2, 0) is 10.0 Å². The molecule has 2 atom stereocenters. The number of carbonyl (C=O) groups excluding carboxylic acids is 1. The number of aromatic nitrogens is 1. The molecule has 1 aliphatic rings. The van der Waals surface area contributed by atoms with Crippen molar-refractivity contribution in [3.05, 3.63) is 102 Å². The van der Waals surface area contributed by atoms with Crippen molar-refractivity contribution in [3.8, 4) is 0 Å². The zero-order valence-corrected chi connectivity index (χ0v) is 23.0. The molecule has 0 radical (unpaired) electrons. The minimum atomic E-state index is -3.91. The molecule has 1 unspecified atom stereocenters. The van der Waals surface area contributed by atoms with Crippen molar-refractivity contribution in [1.82, 2.24) is 14.8 Å². The smallest absolute Gasteiger partial charge is 0.264 e. The maximum atomic E-state index is 13.8. The van der Waals surface area contributed by atoms with E-state index in [1.54, 1.807) is 54.7 Å². The number of benzene rings is 3. The van der Waals surface area contributed by atoms with Gasteiger partial charge in [0.1, 0.15) is 16.5 Å². The average molecular weight is 565 g/mol. The highest BCUT2D eigenvalue weighted by molar-refractivity contribution is 7.93. The second-order valence-corrected chi connectivity index (χ2v) is 11.6. The van der Waals surface area contributed by atoms with Gasteiger partial charge in [0.15, 0.2) is 0 Å². The number of sulfonamides is 1. The van der Waals surface area contributed by atoms with Gasteiger partial charge in [-0.2, -0.15) is 0 Å². The fraction of sp³-hybridized carbons (Fsp3) is 0.267. The van der Waals surface area contributed by atoms with Crippen LogP contribution in [0.25, 0.3) is 10.9 Å². The van der Waals surface area contributed by atoms with E-state index in [1.165, 1.54) is 18.2 Å². The van der Waals surface area contributed by atoms with Crippen molar-refractivity contribution >= 4 is 32.5 Å². The van der Waals surface area contributed by atoms with Gasteiger partial charge in [-0.05, 0) is 67.4 Å². The molecular weight excluding hydrogens is 534 g/mol. The molecule has 0 bridgehead atoms. The van der Waals surface area contributed by atoms with Gasteiger partial charge in [-0.1, -0.05) is 25.1 Å². The number of rotatable bonds is 7. The third kappa shape index (κ3) is 5.68. The van der Waals surface area contributed by atoms with Crippen LogP contribution in [0.2, 0.25) is 0 Å². The zero-order chi connectivity index (χ0) is 28.4. The Morgan fingerprint density at radius 1 is 1.02 bits per heavy atom. The van der Waals surface area contributed by atoms with E-state index in [-0.39, 0.29) is 22.9 Å². The molecule has 1 fully saturated rings. The van der Waals surface area contributed by atoms with E-state index >= 15 is 0 Å².